The SMILES string of the molecule is CC1CC(C)(C)N(C)c2ccc(C(c3ccc4c(c3)C(C)CC(C)(C)N4C)=c3ccc4c(c3)C(C)CC(C)(C)[N+]=4C)cc21.[Cl-]. The molecule has 0 saturated carbocycles. The summed E-state index contributed by atoms with van der Waals surface area (Å²) in [6.45, 7) is 21.5. The lowest BCUT2D eigenvalue weighted by molar-refractivity contribution is -0.0000104. The molecule has 0 bridgehead atoms. The molecule has 3 aromatic carbocycles. The summed E-state index contributed by atoms with van der Waals surface area (Å²) in [5.41, 5.74) is 11.6. The number of hydrogen-bond donors (Lipinski definition) is 0. The Morgan fingerprint density at radius 3 is 1.57 bits per heavy atom. The first-order valence-electron chi connectivity index (χ1n) is 16.5. The Hall–Kier alpha value is -2.78. The van der Waals surface area contributed by atoms with E-state index in [2.05, 4.69) is 152 Å². The van der Waals surface area contributed by atoms with Gasteiger partial charge in [0.1, 0.15) is 7.05 Å². The summed E-state index contributed by atoms with van der Waals surface area (Å²) in [6, 6.07) is 21.8. The minimum atomic E-state index is 0. The molecular weight excluding hydrogens is 558 g/mol. The topological polar surface area (TPSA) is 9.49 Å². The van der Waals surface area contributed by atoms with Gasteiger partial charge in [-0.05, 0) is 142 Å². The van der Waals surface area contributed by atoms with Gasteiger partial charge in [0.15, 0.2) is 5.54 Å². The number of hydrogen-bond acceptors (Lipinski definition) is 2. The first kappa shape index (κ1) is 32.6. The van der Waals surface area contributed by atoms with Gasteiger partial charge in [-0.25, -0.2) is 4.58 Å². The van der Waals surface area contributed by atoms with Crippen LogP contribution in [-0.2, 0) is 0 Å². The Kier molecular flexibility index (Phi) is 8.10. The van der Waals surface area contributed by atoms with Crippen LogP contribution in [-0.4, -0.2) is 37.8 Å². The van der Waals surface area contributed by atoms with E-state index in [1.54, 1.807) is 0 Å². The Bertz CT molecular complexity index is 1650. The van der Waals surface area contributed by atoms with Crippen LogP contribution >= 0.6 is 0 Å². The first-order chi connectivity index (χ1) is 20.0. The third-order valence-electron chi connectivity index (χ3n) is 11.8. The fourth-order valence-electron chi connectivity index (χ4n) is 8.70. The van der Waals surface area contributed by atoms with Crippen molar-refractivity contribution < 1.29 is 12.4 Å². The van der Waals surface area contributed by atoms with E-state index < -0.39 is 0 Å². The zero-order valence-electron chi connectivity index (χ0n) is 29.3. The van der Waals surface area contributed by atoms with Crippen LogP contribution in [0, 0.1) is 0 Å². The molecule has 3 nitrogen and oxygen atoms in total. The van der Waals surface area contributed by atoms with Crippen LogP contribution in [0.15, 0.2) is 54.6 Å². The Balaban J connectivity index is 0.00000384. The van der Waals surface area contributed by atoms with Crippen molar-refractivity contribution in [2.45, 2.75) is 116 Å². The summed E-state index contributed by atoms with van der Waals surface area (Å²) in [5.74, 6) is 1.55. The van der Waals surface area contributed by atoms with Crippen LogP contribution < -0.4 is 37.4 Å². The molecule has 0 radical (unpaired) electrons. The van der Waals surface area contributed by atoms with Gasteiger partial charge in [0.2, 0.25) is 5.36 Å². The highest BCUT2D eigenvalue weighted by molar-refractivity contribution is 5.83. The van der Waals surface area contributed by atoms with E-state index in [4.69, 9.17) is 0 Å². The summed E-state index contributed by atoms with van der Waals surface area (Å²) in [6.07, 6.45) is 3.48. The van der Waals surface area contributed by atoms with Crippen LogP contribution in [0.5, 0.6) is 0 Å². The highest BCUT2D eigenvalue weighted by atomic mass is 35.5. The van der Waals surface area contributed by atoms with Crippen LogP contribution in [0.25, 0.3) is 5.57 Å². The number of rotatable bonds is 2. The maximum absolute atomic E-state index is 2.51. The smallest absolute Gasteiger partial charge is 0.203 e. The molecule has 0 N–H and O–H groups in total. The summed E-state index contributed by atoms with van der Waals surface area (Å²) in [7, 11) is 6.79. The molecule has 4 heteroatoms. The monoisotopic (exact) mass is 611 g/mol. The van der Waals surface area contributed by atoms with E-state index >= 15 is 0 Å². The molecule has 3 unspecified atom stereocenters. The summed E-state index contributed by atoms with van der Waals surface area (Å²) >= 11 is 0. The standard InChI is InChI=1S/C40H54N3.ClH/c1-25-22-38(4,5)41(10)34-16-13-28(19-31(25)34)37(29-14-17-35-32(20-29)26(2)23-39(6,7)42(35)11)30-15-18-36-33(21-30)27(3)24-40(8,9)43(36)12;/h13-21,25-27H,22-24H2,1-12H3;1H/q+1;/p-1. The molecule has 3 aliphatic heterocycles. The van der Waals surface area contributed by atoms with Crippen LogP contribution in [0.3, 0.4) is 0 Å². The second kappa shape index (κ2) is 10.9. The number of fused-ring (bicyclic) bond motifs is 3. The quantitative estimate of drug-likeness (QED) is 0.386. The molecule has 3 aliphatic rings. The van der Waals surface area contributed by atoms with Crippen LogP contribution in [0.1, 0.15) is 127 Å². The minimum absolute atomic E-state index is 0. The number of halogens is 1. The molecule has 3 aromatic rings. The van der Waals surface area contributed by atoms with Crippen molar-refractivity contribution in [3.8, 4) is 0 Å². The fourth-order valence-corrected chi connectivity index (χ4v) is 8.70. The van der Waals surface area contributed by atoms with Gasteiger partial charge < -0.3 is 22.2 Å². The molecule has 0 fully saturated rings. The zero-order chi connectivity index (χ0) is 31.2. The zero-order valence-corrected chi connectivity index (χ0v) is 30.0. The number of anilines is 2. The molecule has 3 atom stereocenters. The van der Waals surface area contributed by atoms with Gasteiger partial charge in [-0.2, -0.15) is 0 Å². The van der Waals surface area contributed by atoms with Crippen molar-refractivity contribution in [2.75, 3.05) is 30.9 Å². The average molecular weight is 612 g/mol. The van der Waals surface area contributed by atoms with Gasteiger partial charge in [-0.15, -0.1) is 0 Å². The van der Waals surface area contributed by atoms with Crippen LogP contribution in [0.4, 0.5) is 11.4 Å². The van der Waals surface area contributed by atoms with Gasteiger partial charge in [-0.3, -0.25) is 0 Å². The lowest BCUT2D eigenvalue weighted by Crippen LogP contribution is -3.00. The second-order valence-electron chi connectivity index (χ2n) is 16.1. The van der Waals surface area contributed by atoms with Gasteiger partial charge in [0.05, 0.1) is 0 Å². The molecule has 44 heavy (non-hydrogen) atoms. The van der Waals surface area contributed by atoms with Crippen molar-refractivity contribution in [3.63, 3.8) is 0 Å². The summed E-state index contributed by atoms with van der Waals surface area (Å²) in [4.78, 5) is 4.98. The second-order valence-corrected chi connectivity index (χ2v) is 16.1. The Labute approximate surface area is 273 Å². The van der Waals surface area contributed by atoms with E-state index in [0.717, 1.165) is 19.3 Å². The van der Waals surface area contributed by atoms with E-state index in [9.17, 15) is 0 Å². The Morgan fingerprint density at radius 2 is 1.09 bits per heavy atom. The van der Waals surface area contributed by atoms with Crippen LogP contribution in [0.2, 0.25) is 0 Å². The van der Waals surface area contributed by atoms with Gasteiger partial charge in [-0.1, -0.05) is 32.9 Å². The number of nitrogens with zero attached hydrogens (tertiary/aromatic N) is 3. The van der Waals surface area contributed by atoms with Gasteiger partial charge in [0.25, 0.3) is 0 Å². The predicted molar refractivity (Wildman–Crippen MR) is 185 cm³/mol. The fraction of sp³-hybridized carbons (Fsp3) is 0.525. The minimum Gasteiger partial charge on any atom is -1.00 e. The van der Waals surface area contributed by atoms with Crippen molar-refractivity contribution >= 4 is 16.9 Å². The van der Waals surface area contributed by atoms with Gasteiger partial charge >= 0.3 is 0 Å². The third-order valence-corrected chi connectivity index (χ3v) is 11.8. The molecule has 0 aromatic heterocycles. The van der Waals surface area contributed by atoms with E-state index in [0.29, 0.717) is 17.8 Å². The highest BCUT2D eigenvalue weighted by Crippen LogP contribution is 2.45. The third kappa shape index (κ3) is 5.17. The summed E-state index contributed by atoms with van der Waals surface area (Å²) in [5, 5.41) is 2.70. The van der Waals surface area contributed by atoms with E-state index in [1.165, 1.54) is 55.3 Å². The molecule has 0 spiro atoms. The van der Waals surface area contributed by atoms with Crippen molar-refractivity contribution in [3.05, 3.63) is 93.0 Å². The summed E-state index contributed by atoms with van der Waals surface area (Å²) < 4.78 is 2.49. The predicted octanol–water partition coefficient (Wildman–Crippen LogP) is 4.79. The normalized spacial score (nSPS) is 24.5. The lowest BCUT2D eigenvalue weighted by atomic mass is 9.78. The first-order valence-corrected chi connectivity index (χ1v) is 16.5. The maximum Gasteiger partial charge on any atom is 0.203 e. The molecule has 6 rings (SSSR count). The van der Waals surface area contributed by atoms with Crippen molar-refractivity contribution in [1.29, 1.82) is 0 Å². The molecule has 0 amide bonds. The number of benzene rings is 3. The maximum atomic E-state index is 2.51. The Morgan fingerprint density at radius 1 is 0.636 bits per heavy atom. The van der Waals surface area contributed by atoms with Crippen molar-refractivity contribution in [2.24, 2.45) is 0 Å². The highest BCUT2D eigenvalue weighted by Gasteiger charge is 2.38. The van der Waals surface area contributed by atoms with Crippen molar-refractivity contribution in [1.82, 2.24) is 4.58 Å². The van der Waals surface area contributed by atoms with E-state index in [-0.39, 0.29) is 29.0 Å². The molecular formula is C40H54ClN3. The molecule has 236 valence electrons. The lowest BCUT2D eigenvalue weighted by Gasteiger charge is -2.46. The molecule has 3 heterocycles. The molecule has 0 aliphatic carbocycles. The van der Waals surface area contributed by atoms with Gasteiger partial charge in [0, 0.05) is 54.6 Å². The van der Waals surface area contributed by atoms with E-state index in [1.807, 2.05) is 0 Å². The molecule has 0 saturated heterocycles. The largest absolute Gasteiger partial charge is 1.00 e. The average Bonchev–Trinajstić information content (AvgIpc) is 2.93.